The lowest BCUT2D eigenvalue weighted by molar-refractivity contribution is 0.103. The number of aromatic nitrogens is 3. The van der Waals surface area contributed by atoms with Crippen LogP contribution in [-0.4, -0.2) is 20.3 Å². The fourth-order valence-electron chi connectivity index (χ4n) is 4.15. The van der Waals surface area contributed by atoms with Gasteiger partial charge in [-0.25, -0.2) is 4.98 Å². The van der Waals surface area contributed by atoms with Gasteiger partial charge in [-0.15, -0.1) is 0 Å². The van der Waals surface area contributed by atoms with Crippen LogP contribution in [-0.2, 0) is 0 Å². The van der Waals surface area contributed by atoms with Gasteiger partial charge in [-0.1, -0.05) is 39.2 Å². The molecule has 0 amide bonds. The molecule has 0 radical (unpaired) electrons. The molecule has 5 nitrogen and oxygen atoms in total. The van der Waals surface area contributed by atoms with Gasteiger partial charge in [-0.2, -0.15) is 0 Å². The first kappa shape index (κ1) is 17.6. The molecule has 5 rings (SSSR count). The smallest absolute Gasteiger partial charge is 0.267 e. The number of carbonyl (C=O) groups excluding carboxylic acids is 1. The molecule has 1 fully saturated rings. The molecule has 138 valence electrons. The van der Waals surface area contributed by atoms with Crippen LogP contribution in [0.15, 0.2) is 41.5 Å². The number of hydrogen-bond acceptors (Lipinski definition) is 4. The second kappa shape index (κ2) is 7.06. The highest BCUT2D eigenvalue weighted by molar-refractivity contribution is 6.13. The van der Waals surface area contributed by atoms with Gasteiger partial charge < -0.3 is 0 Å². The van der Waals surface area contributed by atoms with Crippen LogP contribution < -0.4 is 5.56 Å². The normalized spacial score (nSPS) is 15.9. The van der Waals surface area contributed by atoms with Crippen molar-refractivity contribution in [1.82, 2.24) is 14.5 Å². The minimum Gasteiger partial charge on any atom is -0.285 e. The maximum Gasteiger partial charge on any atom is 0.267 e. The molecule has 5 heteroatoms. The molecular weight excluding hydrogens is 338 g/mol. The number of carbonyl (C=O) groups is 1. The van der Waals surface area contributed by atoms with E-state index in [0.717, 1.165) is 0 Å². The van der Waals surface area contributed by atoms with E-state index in [9.17, 15) is 9.59 Å². The first-order valence-electron chi connectivity index (χ1n) is 9.80. The third-order valence-electron chi connectivity index (χ3n) is 5.46. The van der Waals surface area contributed by atoms with Gasteiger partial charge in [-0.3, -0.25) is 19.1 Å². The Balaban J connectivity index is 0.000000872. The third-order valence-corrected chi connectivity index (χ3v) is 5.46. The van der Waals surface area contributed by atoms with Crippen LogP contribution in [0.3, 0.4) is 0 Å². The Morgan fingerprint density at radius 2 is 1.81 bits per heavy atom. The summed E-state index contributed by atoms with van der Waals surface area (Å²) in [5.74, 6) is 0.562. The highest BCUT2D eigenvalue weighted by atomic mass is 16.1. The number of rotatable bonds is 1. The van der Waals surface area contributed by atoms with E-state index in [1.54, 1.807) is 12.3 Å². The van der Waals surface area contributed by atoms with Crippen molar-refractivity contribution in [3.05, 3.63) is 64.0 Å². The molecule has 0 N–H and O–H groups in total. The van der Waals surface area contributed by atoms with Gasteiger partial charge in [0.15, 0.2) is 5.82 Å². The molecule has 0 bridgehead atoms. The quantitative estimate of drug-likeness (QED) is 0.504. The minimum absolute atomic E-state index is 0.163. The average molecular weight is 361 g/mol. The Morgan fingerprint density at radius 1 is 1.04 bits per heavy atom. The van der Waals surface area contributed by atoms with Crippen LogP contribution in [0.25, 0.3) is 16.6 Å². The zero-order valence-electron chi connectivity index (χ0n) is 15.7. The summed E-state index contributed by atoms with van der Waals surface area (Å²) in [7, 11) is 0. The summed E-state index contributed by atoms with van der Waals surface area (Å²) in [4.78, 5) is 34.2. The van der Waals surface area contributed by atoms with Crippen LogP contribution in [0.5, 0.6) is 0 Å². The van der Waals surface area contributed by atoms with Gasteiger partial charge in [0.05, 0.1) is 22.2 Å². The van der Waals surface area contributed by atoms with Crippen molar-refractivity contribution >= 4 is 16.7 Å². The molecule has 0 atom stereocenters. The molecule has 0 spiro atoms. The van der Waals surface area contributed by atoms with Crippen LogP contribution >= 0.6 is 0 Å². The maximum atomic E-state index is 12.9. The molecule has 0 unspecified atom stereocenters. The zero-order chi connectivity index (χ0) is 19.0. The molecule has 1 saturated carbocycles. The van der Waals surface area contributed by atoms with E-state index in [1.165, 1.54) is 48.4 Å². The summed E-state index contributed by atoms with van der Waals surface area (Å²) in [5, 5.41) is 0.434. The summed E-state index contributed by atoms with van der Waals surface area (Å²) in [6.07, 6.45) is 9.23. The molecule has 1 aromatic carbocycles. The Labute approximate surface area is 158 Å². The van der Waals surface area contributed by atoms with E-state index in [1.807, 2.05) is 26.0 Å². The van der Waals surface area contributed by atoms with E-state index >= 15 is 0 Å². The predicted octanol–water partition coefficient (Wildman–Crippen LogP) is 4.40. The van der Waals surface area contributed by atoms with E-state index in [4.69, 9.17) is 0 Å². The van der Waals surface area contributed by atoms with Gasteiger partial charge in [0.1, 0.15) is 0 Å². The first-order valence-corrected chi connectivity index (χ1v) is 9.80. The van der Waals surface area contributed by atoms with E-state index in [2.05, 4.69) is 16.0 Å². The van der Waals surface area contributed by atoms with Gasteiger partial charge in [-0.05, 0) is 42.5 Å². The van der Waals surface area contributed by atoms with Crippen molar-refractivity contribution in [3.8, 4) is 5.69 Å². The summed E-state index contributed by atoms with van der Waals surface area (Å²) in [6, 6.07) is 7.61. The summed E-state index contributed by atoms with van der Waals surface area (Å²) < 4.78 is 1.44. The molecule has 27 heavy (non-hydrogen) atoms. The molecule has 1 aliphatic heterocycles. The number of pyridine rings is 1. The average Bonchev–Trinajstić information content (AvgIpc) is 3.02. The molecule has 3 aromatic rings. The second-order valence-corrected chi connectivity index (χ2v) is 6.91. The lowest BCUT2D eigenvalue weighted by Crippen LogP contribution is -2.21. The SMILES string of the molecule is CC.O=C1c2cc(C3CCCCC3)ccc2-n2c1nc1ccncc1c2=O. The van der Waals surface area contributed by atoms with E-state index in [0.29, 0.717) is 28.1 Å². The highest BCUT2D eigenvalue weighted by Crippen LogP contribution is 2.35. The Bertz CT molecular complexity index is 1080. The monoisotopic (exact) mass is 361 g/mol. The van der Waals surface area contributed by atoms with Crippen LogP contribution in [0.4, 0.5) is 0 Å². The highest BCUT2D eigenvalue weighted by Gasteiger charge is 2.31. The lowest BCUT2D eigenvalue weighted by Gasteiger charge is -2.22. The van der Waals surface area contributed by atoms with Gasteiger partial charge in [0.25, 0.3) is 5.56 Å². The third kappa shape index (κ3) is 2.78. The van der Waals surface area contributed by atoms with Crippen LogP contribution in [0, 0.1) is 0 Å². The Morgan fingerprint density at radius 3 is 2.59 bits per heavy atom. The summed E-state index contributed by atoms with van der Waals surface area (Å²) in [6.45, 7) is 4.00. The summed E-state index contributed by atoms with van der Waals surface area (Å²) >= 11 is 0. The van der Waals surface area contributed by atoms with Gasteiger partial charge >= 0.3 is 0 Å². The Kier molecular flexibility index (Phi) is 4.60. The molecule has 2 aliphatic rings. The fraction of sp³-hybridized carbons (Fsp3) is 0.364. The van der Waals surface area contributed by atoms with Crippen LogP contribution in [0.2, 0.25) is 0 Å². The number of nitrogens with zero attached hydrogens (tertiary/aromatic N) is 3. The molecule has 0 saturated heterocycles. The number of fused-ring (bicyclic) bond motifs is 4. The zero-order valence-corrected chi connectivity index (χ0v) is 15.7. The van der Waals surface area contributed by atoms with Gasteiger partial charge in [0.2, 0.25) is 5.78 Å². The van der Waals surface area contributed by atoms with Crippen molar-refractivity contribution in [2.45, 2.75) is 51.9 Å². The number of benzene rings is 1. The van der Waals surface area contributed by atoms with Crippen molar-refractivity contribution in [3.63, 3.8) is 0 Å². The summed E-state index contributed by atoms with van der Waals surface area (Å²) in [5.41, 5.74) is 2.73. The molecule has 2 aromatic heterocycles. The van der Waals surface area contributed by atoms with E-state index in [-0.39, 0.29) is 17.2 Å². The van der Waals surface area contributed by atoms with Crippen molar-refractivity contribution in [1.29, 1.82) is 0 Å². The maximum absolute atomic E-state index is 12.9. The number of ketones is 1. The molecule has 3 heterocycles. The molecular formula is C22H23N3O2. The number of hydrogen-bond donors (Lipinski definition) is 0. The van der Waals surface area contributed by atoms with Crippen molar-refractivity contribution in [2.24, 2.45) is 0 Å². The Hall–Kier alpha value is -2.82. The van der Waals surface area contributed by atoms with Crippen LogP contribution in [0.1, 0.15) is 73.6 Å². The predicted molar refractivity (Wildman–Crippen MR) is 106 cm³/mol. The first-order chi connectivity index (χ1) is 13.2. The van der Waals surface area contributed by atoms with Gasteiger partial charge in [0, 0.05) is 12.4 Å². The second-order valence-electron chi connectivity index (χ2n) is 6.91. The molecule has 1 aliphatic carbocycles. The fourth-order valence-corrected chi connectivity index (χ4v) is 4.15. The standard InChI is InChI=1S/C20H17N3O2.C2H6/c24-18-14-10-13(12-4-2-1-3-5-12)6-7-17(14)23-19(18)22-16-8-9-21-11-15(16)20(23)25;1-2/h6-12H,1-5H2;1-2H3. The van der Waals surface area contributed by atoms with Crippen molar-refractivity contribution in [2.75, 3.05) is 0 Å². The van der Waals surface area contributed by atoms with Crippen molar-refractivity contribution < 1.29 is 4.79 Å². The van der Waals surface area contributed by atoms with E-state index < -0.39 is 0 Å². The lowest BCUT2D eigenvalue weighted by atomic mass is 9.83. The minimum atomic E-state index is -0.231. The topological polar surface area (TPSA) is 64.8 Å². The largest absolute Gasteiger partial charge is 0.285 e.